The number of ether oxygens (including phenoxy) is 1. The van der Waals surface area contributed by atoms with Gasteiger partial charge in [-0.15, -0.1) is 0 Å². The molecule has 2 aromatic rings. The quantitative estimate of drug-likeness (QED) is 0.841. The molecule has 0 aliphatic heterocycles. The summed E-state index contributed by atoms with van der Waals surface area (Å²) in [6, 6.07) is 10.6. The van der Waals surface area contributed by atoms with Gasteiger partial charge in [-0.05, 0) is 43.7 Å². The molecule has 2 N–H and O–H groups in total. The fourth-order valence-electron chi connectivity index (χ4n) is 2.20. The molecule has 0 heterocycles. The van der Waals surface area contributed by atoms with Gasteiger partial charge in [-0.25, -0.2) is 4.39 Å². The lowest BCUT2D eigenvalue weighted by Crippen LogP contribution is -2.32. The third-order valence-corrected chi connectivity index (χ3v) is 3.82. The van der Waals surface area contributed by atoms with E-state index in [4.69, 9.17) is 4.74 Å². The number of nitrogens with one attached hydrogen (secondary N) is 2. The molecule has 0 saturated carbocycles. The minimum atomic E-state index is -0.627. The van der Waals surface area contributed by atoms with Crippen LogP contribution in [-0.4, -0.2) is 25.0 Å². The highest BCUT2D eigenvalue weighted by Gasteiger charge is 2.16. The second-order valence-electron chi connectivity index (χ2n) is 5.63. The van der Waals surface area contributed by atoms with E-state index in [-0.39, 0.29) is 23.3 Å². The molecule has 132 valence electrons. The van der Waals surface area contributed by atoms with Crippen molar-refractivity contribution in [1.29, 1.82) is 0 Å². The molecular weight excluding hydrogens is 323 g/mol. The Bertz CT molecular complexity index is 777. The summed E-state index contributed by atoms with van der Waals surface area (Å²) in [6.45, 7) is 3.87. The average Bonchev–Trinajstić information content (AvgIpc) is 2.61. The maximum Gasteiger partial charge on any atom is 0.255 e. The number of carbonyl (C=O) groups is 2. The maximum absolute atomic E-state index is 13.8. The van der Waals surface area contributed by atoms with Crippen LogP contribution in [0.2, 0.25) is 0 Å². The van der Waals surface area contributed by atoms with Crippen molar-refractivity contribution in [1.82, 2.24) is 5.32 Å². The summed E-state index contributed by atoms with van der Waals surface area (Å²) in [5.41, 5.74) is 0.852. The lowest BCUT2D eigenvalue weighted by Gasteiger charge is -2.15. The normalized spacial score (nSPS) is 11.5. The second kappa shape index (κ2) is 8.28. The van der Waals surface area contributed by atoms with Crippen molar-refractivity contribution in [3.8, 4) is 5.75 Å². The number of anilines is 1. The number of carbonyl (C=O) groups excluding carboxylic acids is 2. The van der Waals surface area contributed by atoms with E-state index in [9.17, 15) is 14.0 Å². The number of methoxy groups -OCH3 is 1. The van der Waals surface area contributed by atoms with Gasteiger partial charge < -0.3 is 15.4 Å². The summed E-state index contributed by atoms with van der Waals surface area (Å²) in [4.78, 5) is 24.7. The summed E-state index contributed by atoms with van der Waals surface area (Å²) < 4.78 is 18.6. The Labute approximate surface area is 146 Å². The molecule has 1 atom stereocenters. The zero-order chi connectivity index (χ0) is 18.4. The molecular formula is C19H21FN2O3. The van der Waals surface area contributed by atoms with Gasteiger partial charge in [0, 0.05) is 11.6 Å². The van der Waals surface area contributed by atoms with Crippen molar-refractivity contribution >= 4 is 17.5 Å². The van der Waals surface area contributed by atoms with E-state index in [0.717, 1.165) is 12.5 Å². The van der Waals surface area contributed by atoms with Crippen molar-refractivity contribution in [3.05, 3.63) is 59.4 Å². The van der Waals surface area contributed by atoms with E-state index in [2.05, 4.69) is 10.6 Å². The summed E-state index contributed by atoms with van der Waals surface area (Å²) >= 11 is 0. The van der Waals surface area contributed by atoms with Crippen LogP contribution < -0.4 is 15.4 Å². The minimum Gasteiger partial charge on any atom is -0.494 e. The first-order chi connectivity index (χ1) is 12.0. The average molecular weight is 344 g/mol. The van der Waals surface area contributed by atoms with Crippen molar-refractivity contribution < 1.29 is 18.7 Å². The van der Waals surface area contributed by atoms with Crippen LogP contribution in [0.5, 0.6) is 5.75 Å². The minimum absolute atomic E-state index is 0.0203. The summed E-state index contributed by atoms with van der Waals surface area (Å²) in [6.07, 6.45) is 0.797. The second-order valence-corrected chi connectivity index (χ2v) is 5.63. The molecule has 2 rings (SSSR count). The largest absolute Gasteiger partial charge is 0.494 e. The van der Waals surface area contributed by atoms with Gasteiger partial charge in [-0.1, -0.05) is 19.1 Å². The first-order valence-electron chi connectivity index (χ1n) is 8.01. The van der Waals surface area contributed by atoms with Crippen LogP contribution in [0, 0.1) is 5.82 Å². The summed E-state index contributed by atoms with van der Waals surface area (Å²) in [5, 5.41) is 5.51. The molecule has 0 bridgehead atoms. The summed E-state index contributed by atoms with van der Waals surface area (Å²) in [7, 11) is 1.35. The molecule has 0 spiro atoms. The lowest BCUT2D eigenvalue weighted by molar-refractivity contribution is 0.0940. The van der Waals surface area contributed by atoms with Gasteiger partial charge in [-0.2, -0.15) is 0 Å². The Balaban J connectivity index is 2.21. The molecule has 0 radical (unpaired) electrons. The Morgan fingerprint density at radius 1 is 1.16 bits per heavy atom. The van der Waals surface area contributed by atoms with Crippen LogP contribution >= 0.6 is 0 Å². The first kappa shape index (κ1) is 18.4. The molecule has 0 fully saturated rings. The molecule has 25 heavy (non-hydrogen) atoms. The standard InChI is InChI=1S/C19H21FN2O3/c1-4-12(2)21-19(24)14-7-5-6-8-16(14)22-18(23)13-9-10-17(25-3)15(20)11-13/h5-12H,4H2,1-3H3,(H,21,24)(H,22,23)/t12-/m1/s1. The van der Waals surface area contributed by atoms with Crippen molar-refractivity contribution in [3.63, 3.8) is 0 Å². The lowest BCUT2D eigenvalue weighted by atomic mass is 10.1. The van der Waals surface area contributed by atoms with E-state index in [1.54, 1.807) is 24.3 Å². The van der Waals surface area contributed by atoms with E-state index in [1.165, 1.54) is 19.2 Å². The molecule has 0 aliphatic carbocycles. The number of benzene rings is 2. The molecule has 5 nitrogen and oxygen atoms in total. The van der Waals surface area contributed by atoms with Crippen LogP contribution in [0.25, 0.3) is 0 Å². The third kappa shape index (κ3) is 4.56. The number of hydrogen-bond acceptors (Lipinski definition) is 3. The van der Waals surface area contributed by atoms with Crippen LogP contribution in [0.3, 0.4) is 0 Å². The molecule has 0 aromatic heterocycles. The number of para-hydroxylation sites is 1. The molecule has 2 aromatic carbocycles. The van der Waals surface area contributed by atoms with Gasteiger partial charge in [0.05, 0.1) is 18.4 Å². The first-order valence-corrected chi connectivity index (χ1v) is 8.01. The highest BCUT2D eigenvalue weighted by Crippen LogP contribution is 2.20. The molecule has 0 unspecified atom stereocenters. The topological polar surface area (TPSA) is 67.4 Å². The van der Waals surface area contributed by atoms with E-state index < -0.39 is 11.7 Å². The zero-order valence-corrected chi connectivity index (χ0v) is 14.4. The van der Waals surface area contributed by atoms with Gasteiger partial charge >= 0.3 is 0 Å². The van der Waals surface area contributed by atoms with Crippen LogP contribution in [0.4, 0.5) is 10.1 Å². The smallest absolute Gasteiger partial charge is 0.255 e. The van der Waals surface area contributed by atoms with E-state index >= 15 is 0 Å². The van der Waals surface area contributed by atoms with Crippen LogP contribution in [-0.2, 0) is 0 Å². The van der Waals surface area contributed by atoms with E-state index in [0.29, 0.717) is 11.3 Å². The number of amides is 2. The van der Waals surface area contributed by atoms with Crippen molar-refractivity contribution in [2.24, 2.45) is 0 Å². The van der Waals surface area contributed by atoms with E-state index in [1.807, 2.05) is 13.8 Å². The highest BCUT2D eigenvalue weighted by atomic mass is 19.1. The Morgan fingerprint density at radius 2 is 1.88 bits per heavy atom. The van der Waals surface area contributed by atoms with Crippen LogP contribution in [0.15, 0.2) is 42.5 Å². The maximum atomic E-state index is 13.8. The monoisotopic (exact) mass is 344 g/mol. The predicted octanol–water partition coefficient (Wildman–Crippen LogP) is 3.61. The molecule has 2 amide bonds. The SMILES string of the molecule is CC[C@@H](C)NC(=O)c1ccccc1NC(=O)c1ccc(OC)c(F)c1. The zero-order valence-electron chi connectivity index (χ0n) is 14.4. The third-order valence-electron chi connectivity index (χ3n) is 3.82. The van der Waals surface area contributed by atoms with Gasteiger partial charge in [0.25, 0.3) is 11.8 Å². The summed E-state index contributed by atoms with van der Waals surface area (Å²) in [5.74, 6) is -1.35. The van der Waals surface area contributed by atoms with Crippen molar-refractivity contribution in [2.75, 3.05) is 12.4 Å². The van der Waals surface area contributed by atoms with Gasteiger partial charge in [0.15, 0.2) is 11.6 Å². The molecule has 0 saturated heterocycles. The number of rotatable bonds is 6. The van der Waals surface area contributed by atoms with Crippen molar-refractivity contribution in [2.45, 2.75) is 26.3 Å². The van der Waals surface area contributed by atoms with Gasteiger partial charge in [0.2, 0.25) is 0 Å². The predicted molar refractivity (Wildman–Crippen MR) is 94.6 cm³/mol. The molecule has 6 heteroatoms. The Kier molecular flexibility index (Phi) is 6.11. The Morgan fingerprint density at radius 3 is 2.52 bits per heavy atom. The fourth-order valence-corrected chi connectivity index (χ4v) is 2.20. The van der Waals surface area contributed by atoms with Gasteiger partial charge in [-0.3, -0.25) is 9.59 Å². The highest BCUT2D eigenvalue weighted by molar-refractivity contribution is 6.09. The van der Waals surface area contributed by atoms with Gasteiger partial charge in [0.1, 0.15) is 0 Å². The Hall–Kier alpha value is -2.89. The fraction of sp³-hybridized carbons (Fsp3) is 0.263. The number of halogens is 1. The number of hydrogen-bond donors (Lipinski definition) is 2. The molecule has 0 aliphatic rings. The van der Waals surface area contributed by atoms with Crippen LogP contribution in [0.1, 0.15) is 41.0 Å².